The Bertz CT molecular complexity index is 480. The van der Waals surface area contributed by atoms with Crippen LogP contribution < -0.4 is 5.32 Å². The van der Waals surface area contributed by atoms with Crippen LogP contribution in [-0.2, 0) is 13.6 Å². The van der Waals surface area contributed by atoms with Crippen molar-refractivity contribution in [3.05, 3.63) is 16.4 Å². The van der Waals surface area contributed by atoms with E-state index in [1.807, 2.05) is 7.05 Å². The highest BCUT2D eigenvalue weighted by Gasteiger charge is 2.35. The van der Waals surface area contributed by atoms with Gasteiger partial charge in [-0.15, -0.1) is 0 Å². The maximum atomic E-state index is 6.39. The SMILES string of the molecule is Cc1nn(C)c(Cl)c1CN1CC(C2CC2)NCCC1C. The van der Waals surface area contributed by atoms with Crippen LogP contribution in [0.15, 0.2) is 0 Å². The van der Waals surface area contributed by atoms with Crippen molar-refractivity contribution >= 4 is 11.6 Å². The molecule has 0 spiro atoms. The molecule has 1 aromatic heterocycles. The highest BCUT2D eigenvalue weighted by atomic mass is 35.5. The number of hydrogen-bond donors (Lipinski definition) is 1. The van der Waals surface area contributed by atoms with E-state index in [-0.39, 0.29) is 0 Å². The summed E-state index contributed by atoms with van der Waals surface area (Å²) in [6, 6.07) is 1.26. The Morgan fingerprint density at radius 2 is 2.10 bits per heavy atom. The summed E-state index contributed by atoms with van der Waals surface area (Å²) >= 11 is 6.39. The van der Waals surface area contributed by atoms with Gasteiger partial charge < -0.3 is 5.32 Å². The standard InChI is InChI=1S/C15H25ClN4/c1-10-6-7-17-14(12-4-5-12)9-20(10)8-13-11(2)18-19(3)15(13)16/h10,12,14,17H,4-9H2,1-3H3. The average Bonchev–Trinajstić information content (AvgIpc) is 3.20. The summed E-state index contributed by atoms with van der Waals surface area (Å²) in [7, 11) is 1.92. The summed E-state index contributed by atoms with van der Waals surface area (Å²) in [5.74, 6) is 0.897. The van der Waals surface area contributed by atoms with Crippen LogP contribution in [0.1, 0.15) is 37.4 Å². The number of rotatable bonds is 3. The Labute approximate surface area is 126 Å². The molecule has 2 unspecified atom stereocenters. The van der Waals surface area contributed by atoms with Gasteiger partial charge in [-0.2, -0.15) is 5.10 Å². The van der Waals surface area contributed by atoms with Crippen molar-refractivity contribution in [1.82, 2.24) is 20.0 Å². The largest absolute Gasteiger partial charge is 0.312 e. The molecule has 1 aliphatic heterocycles. The van der Waals surface area contributed by atoms with Crippen molar-refractivity contribution in [3.8, 4) is 0 Å². The van der Waals surface area contributed by atoms with Gasteiger partial charge in [0, 0.05) is 37.8 Å². The fraction of sp³-hybridized carbons (Fsp3) is 0.800. The van der Waals surface area contributed by atoms with Crippen LogP contribution in [-0.4, -0.2) is 39.9 Å². The third kappa shape index (κ3) is 2.87. The summed E-state index contributed by atoms with van der Waals surface area (Å²) in [4.78, 5) is 2.58. The van der Waals surface area contributed by atoms with Gasteiger partial charge in [-0.1, -0.05) is 11.6 Å². The number of aromatic nitrogens is 2. The maximum absolute atomic E-state index is 6.39. The lowest BCUT2D eigenvalue weighted by molar-refractivity contribution is 0.190. The zero-order valence-corrected chi connectivity index (χ0v) is 13.5. The van der Waals surface area contributed by atoms with Crippen LogP contribution in [0, 0.1) is 12.8 Å². The normalized spacial score (nSPS) is 28.6. The molecule has 1 aromatic rings. The first-order chi connectivity index (χ1) is 9.56. The van der Waals surface area contributed by atoms with E-state index in [0.717, 1.165) is 36.4 Å². The Morgan fingerprint density at radius 1 is 1.35 bits per heavy atom. The highest BCUT2D eigenvalue weighted by Crippen LogP contribution is 2.34. The third-order valence-electron chi connectivity index (χ3n) is 4.85. The van der Waals surface area contributed by atoms with E-state index in [0.29, 0.717) is 12.1 Å². The van der Waals surface area contributed by atoms with E-state index in [9.17, 15) is 0 Å². The van der Waals surface area contributed by atoms with Gasteiger partial charge in [-0.25, -0.2) is 0 Å². The van der Waals surface area contributed by atoms with Gasteiger partial charge in [-0.05, 0) is 45.6 Å². The molecular formula is C15H25ClN4. The van der Waals surface area contributed by atoms with Crippen molar-refractivity contribution in [3.63, 3.8) is 0 Å². The van der Waals surface area contributed by atoms with Crippen LogP contribution in [0.4, 0.5) is 0 Å². The molecule has 5 heteroatoms. The molecule has 1 aliphatic carbocycles. The third-order valence-corrected chi connectivity index (χ3v) is 5.32. The molecule has 2 fully saturated rings. The van der Waals surface area contributed by atoms with E-state index in [1.54, 1.807) is 4.68 Å². The first-order valence-electron chi connectivity index (χ1n) is 7.71. The Morgan fingerprint density at radius 3 is 2.70 bits per heavy atom. The van der Waals surface area contributed by atoms with Gasteiger partial charge in [0.25, 0.3) is 0 Å². The Kier molecular flexibility index (Phi) is 4.07. The van der Waals surface area contributed by atoms with E-state index < -0.39 is 0 Å². The molecule has 1 saturated carbocycles. The van der Waals surface area contributed by atoms with Gasteiger partial charge in [0.1, 0.15) is 5.15 Å². The summed E-state index contributed by atoms with van der Waals surface area (Å²) in [5.41, 5.74) is 2.25. The van der Waals surface area contributed by atoms with Crippen LogP contribution in [0.3, 0.4) is 0 Å². The molecule has 20 heavy (non-hydrogen) atoms. The molecule has 0 bridgehead atoms. The van der Waals surface area contributed by atoms with Gasteiger partial charge in [-0.3, -0.25) is 9.58 Å². The lowest BCUT2D eigenvalue weighted by Gasteiger charge is -2.29. The molecule has 0 amide bonds. The Hall–Kier alpha value is -0.580. The van der Waals surface area contributed by atoms with Gasteiger partial charge in [0.05, 0.1) is 5.69 Å². The molecule has 4 nitrogen and oxygen atoms in total. The van der Waals surface area contributed by atoms with Crippen molar-refractivity contribution < 1.29 is 0 Å². The van der Waals surface area contributed by atoms with Crippen molar-refractivity contribution in [2.24, 2.45) is 13.0 Å². The fourth-order valence-electron chi connectivity index (χ4n) is 3.25. The molecule has 2 aliphatic rings. The minimum atomic E-state index is 0.599. The highest BCUT2D eigenvalue weighted by molar-refractivity contribution is 6.30. The summed E-state index contributed by atoms with van der Waals surface area (Å²) in [5, 5.41) is 8.95. The molecule has 112 valence electrons. The van der Waals surface area contributed by atoms with Crippen LogP contribution in [0.2, 0.25) is 5.15 Å². The number of hydrogen-bond acceptors (Lipinski definition) is 3. The zero-order valence-electron chi connectivity index (χ0n) is 12.7. The van der Waals surface area contributed by atoms with Gasteiger partial charge in [0.2, 0.25) is 0 Å². The zero-order chi connectivity index (χ0) is 14.3. The van der Waals surface area contributed by atoms with Crippen molar-refractivity contribution in [1.29, 1.82) is 0 Å². The topological polar surface area (TPSA) is 33.1 Å². The first-order valence-corrected chi connectivity index (χ1v) is 8.09. The first kappa shape index (κ1) is 14.4. The summed E-state index contributed by atoms with van der Waals surface area (Å²) in [6.07, 6.45) is 4.00. The average molecular weight is 297 g/mol. The minimum absolute atomic E-state index is 0.599. The summed E-state index contributed by atoms with van der Waals surface area (Å²) in [6.45, 7) is 7.58. The molecule has 2 heterocycles. The number of halogens is 1. The van der Waals surface area contributed by atoms with Crippen LogP contribution >= 0.6 is 11.6 Å². The van der Waals surface area contributed by atoms with E-state index in [4.69, 9.17) is 11.6 Å². The van der Waals surface area contributed by atoms with Gasteiger partial charge >= 0.3 is 0 Å². The lowest BCUT2D eigenvalue weighted by Crippen LogP contribution is -2.41. The number of nitrogens with one attached hydrogen (secondary N) is 1. The molecule has 1 saturated heterocycles. The lowest BCUT2D eigenvalue weighted by atomic mass is 10.1. The summed E-state index contributed by atoms with van der Waals surface area (Å²) < 4.78 is 1.78. The predicted molar refractivity (Wildman–Crippen MR) is 82.0 cm³/mol. The molecule has 1 N–H and O–H groups in total. The number of nitrogens with zero attached hydrogens (tertiary/aromatic N) is 3. The van der Waals surface area contributed by atoms with E-state index in [1.165, 1.54) is 24.8 Å². The van der Waals surface area contributed by atoms with E-state index in [2.05, 4.69) is 29.2 Å². The fourth-order valence-corrected chi connectivity index (χ4v) is 3.48. The maximum Gasteiger partial charge on any atom is 0.131 e. The number of aryl methyl sites for hydroxylation is 2. The monoisotopic (exact) mass is 296 g/mol. The van der Waals surface area contributed by atoms with Crippen LogP contribution in [0.5, 0.6) is 0 Å². The van der Waals surface area contributed by atoms with Crippen LogP contribution in [0.25, 0.3) is 0 Å². The predicted octanol–water partition coefficient (Wildman–Crippen LogP) is 2.34. The second-order valence-corrected chi connectivity index (χ2v) is 6.80. The van der Waals surface area contributed by atoms with Crippen molar-refractivity contribution in [2.75, 3.05) is 13.1 Å². The molecule has 0 radical (unpaired) electrons. The van der Waals surface area contributed by atoms with Gasteiger partial charge in [0.15, 0.2) is 0 Å². The molecule has 3 rings (SSSR count). The molecule has 0 aromatic carbocycles. The van der Waals surface area contributed by atoms with E-state index >= 15 is 0 Å². The van der Waals surface area contributed by atoms with Crippen molar-refractivity contribution in [2.45, 2.75) is 51.7 Å². The molecule has 2 atom stereocenters. The second kappa shape index (κ2) is 5.66. The molecular weight excluding hydrogens is 272 g/mol. The minimum Gasteiger partial charge on any atom is -0.312 e. The second-order valence-electron chi connectivity index (χ2n) is 6.44. The Balaban J connectivity index is 1.75. The quantitative estimate of drug-likeness (QED) is 0.929. The smallest absolute Gasteiger partial charge is 0.131 e.